The van der Waals surface area contributed by atoms with Gasteiger partial charge in [0, 0.05) is 0 Å². The van der Waals surface area contributed by atoms with E-state index in [1.54, 1.807) is 0 Å². The molecule has 0 saturated heterocycles. The van der Waals surface area contributed by atoms with Crippen molar-refractivity contribution in [2.75, 3.05) is 0 Å². The van der Waals surface area contributed by atoms with Crippen molar-refractivity contribution in [3.63, 3.8) is 0 Å². The topological polar surface area (TPSA) is 0 Å². The second-order valence-corrected chi connectivity index (χ2v) is 19.8. The maximum Gasteiger partial charge on any atom is -0.00199 e. The van der Waals surface area contributed by atoms with Crippen LogP contribution in [0.3, 0.4) is 0 Å². The zero-order chi connectivity index (χ0) is 48.7. The molecule has 0 aromatic heterocycles. The molecule has 15 rings (SSSR count). The van der Waals surface area contributed by atoms with Crippen molar-refractivity contribution in [1.82, 2.24) is 0 Å². The molecule has 0 saturated carbocycles. The Morgan fingerprint density at radius 3 is 0.811 bits per heavy atom. The summed E-state index contributed by atoms with van der Waals surface area (Å²) >= 11 is 0. The lowest BCUT2D eigenvalue weighted by Crippen LogP contribution is -1.95. The van der Waals surface area contributed by atoms with Crippen LogP contribution in [0, 0.1) is 0 Å². The molecule has 0 heterocycles. The van der Waals surface area contributed by atoms with E-state index in [1.165, 1.54) is 153 Å². The van der Waals surface area contributed by atoms with E-state index in [2.05, 4.69) is 279 Å². The highest BCUT2D eigenvalue weighted by Crippen LogP contribution is 2.50. The van der Waals surface area contributed by atoms with Gasteiger partial charge in [-0.25, -0.2) is 0 Å². The summed E-state index contributed by atoms with van der Waals surface area (Å²) in [6, 6.07) is 104. The average Bonchev–Trinajstić information content (AvgIpc) is 3.49. The van der Waals surface area contributed by atoms with Crippen LogP contribution in [0.4, 0.5) is 0 Å². The fraction of sp³-hybridized carbons (Fsp3) is 0. The third-order valence-corrected chi connectivity index (χ3v) is 15.8. The molecule has 0 atom stereocenters. The molecule has 0 unspecified atom stereocenters. The van der Waals surface area contributed by atoms with Gasteiger partial charge in [-0.3, -0.25) is 0 Å². The molecule has 0 spiro atoms. The van der Waals surface area contributed by atoms with E-state index in [0.717, 1.165) is 0 Å². The van der Waals surface area contributed by atoms with Gasteiger partial charge in [0.25, 0.3) is 0 Å². The molecule has 0 N–H and O–H groups in total. The fourth-order valence-electron chi connectivity index (χ4n) is 12.6. The summed E-state index contributed by atoms with van der Waals surface area (Å²) < 4.78 is 0. The summed E-state index contributed by atoms with van der Waals surface area (Å²) in [6.07, 6.45) is 0. The van der Waals surface area contributed by atoms with Crippen LogP contribution in [0.1, 0.15) is 0 Å². The molecule has 0 radical (unpaired) electrons. The molecule has 0 bridgehead atoms. The van der Waals surface area contributed by atoms with Gasteiger partial charge in [-0.05, 0) is 171 Å². The highest BCUT2D eigenvalue weighted by Gasteiger charge is 2.23. The Labute approximate surface area is 429 Å². The van der Waals surface area contributed by atoms with Crippen LogP contribution in [0.2, 0.25) is 0 Å². The molecule has 0 aliphatic rings. The van der Waals surface area contributed by atoms with Crippen LogP contribution >= 0.6 is 0 Å². The lowest BCUT2D eigenvalue weighted by Gasteiger charge is -2.22. The van der Waals surface area contributed by atoms with Crippen LogP contribution in [0.25, 0.3) is 153 Å². The Hall–Kier alpha value is -9.62. The minimum Gasteiger partial charge on any atom is -0.0622 e. The molecule has 0 nitrogen and oxygen atoms in total. The van der Waals surface area contributed by atoms with Gasteiger partial charge in [0.05, 0.1) is 0 Å². The van der Waals surface area contributed by atoms with Crippen LogP contribution in [0.15, 0.2) is 279 Å². The van der Waals surface area contributed by atoms with Gasteiger partial charge in [0.15, 0.2) is 0 Å². The first kappa shape index (κ1) is 42.1. The van der Waals surface area contributed by atoms with Gasteiger partial charge < -0.3 is 0 Å². The summed E-state index contributed by atoms with van der Waals surface area (Å²) in [5, 5.41) is 20.3. The quantitative estimate of drug-likeness (QED) is 0.115. The largest absolute Gasteiger partial charge is 0.0622 e. The standard InChI is InChI=1S/C74H46/c1-2-20-47(21-3-1)73-66-34-16-18-36-68(66)74(69-37-19-17-35-67(69)73)72-46-50(52-23-5-4-22-51(52)48-38-41-63-59-30-10-8-26-55(59)57-28-12-14-32-61(57)70(63)44-48)40-43-65(72)54-25-7-6-24-53(54)49-39-42-64-60-31-11-9-27-56(60)58-29-13-15-33-62(58)71(64)45-49/h1-46H. The second kappa shape index (κ2) is 17.0. The van der Waals surface area contributed by atoms with Crippen molar-refractivity contribution in [2.45, 2.75) is 0 Å². The van der Waals surface area contributed by atoms with E-state index in [-0.39, 0.29) is 0 Å². The maximum absolute atomic E-state index is 2.49. The van der Waals surface area contributed by atoms with E-state index in [9.17, 15) is 0 Å². The first-order valence-corrected chi connectivity index (χ1v) is 25.7. The normalized spacial score (nSPS) is 11.8. The van der Waals surface area contributed by atoms with E-state index >= 15 is 0 Å². The van der Waals surface area contributed by atoms with Gasteiger partial charge in [-0.2, -0.15) is 0 Å². The molecule has 15 aromatic rings. The van der Waals surface area contributed by atoms with Crippen LogP contribution in [-0.4, -0.2) is 0 Å². The average molecular weight is 935 g/mol. The van der Waals surface area contributed by atoms with Gasteiger partial charge in [-0.1, -0.05) is 261 Å². The number of hydrogen-bond donors (Lipinski definition) is 0. The van der Waals surface area contributed by atoms with E-state index < -0.39 is 0 Å². The molecule has 0 heteroatoms. The Bertz CT molecular complexity index is 4640. The van der Waals surface area contributed by atoms with Crippen molar-refractivity contribution in [2.24, 2.45) is 0 Å². The first-order chi connectivity index (χ1) is 36.7. The highest BCUT2D eigenvalue weighted by molar-refractivity contribution is 6.28. The predicted octanol–water partition coefficient (Wildman–Crippen LogP) is 20.9. The predicted molar refractivity (Wildman–Crippen MR) is 319 cm³/mol. The van der Waals surface area contributed by atoms with Crippen molar-refractivity contribution in [1.29, 1.82) is 0 Å². The molecular weight excluding hydrogens is 889 g/mol. The van der Waals surface area contributed by atoms with Gasteiger partial charge in [0.2, 0.25) is 0 Å². The molecule has 74 heavy (non-hydrogen) atoms. The monoisotopic (exact) mass is 934 g/mol. The Balaban J connectivity index is 0.996. The third-order valence-electron chi connectivity index (χ3n) is 15.8. The van der Waals surface area contributed by atoms with Crippen molar-refractivity contribution in [3.05, 3.63) is 279 Å². The minimum atomic E-state index is 1.17. The lowest BCUT2D eigenvalue weighted by atomic mass is 9.81. The number of benzene rings is 15. The van der Waals surface area contributed by atoms with Crippen LogP contribution in [0.5, 0.6) is 0 Å². The van der Waals surface area contributed by atoms with Crippen LogP contribution in [-0.2, 0) is 0 Å². The van der Waals surface area contributed by atoms with Crippen LogP contribution < -0.4 is 0 Å². The zero-order valence-electron chi connectivity index (χ0n) is 40.6. The molecule has 342 valence electrons. The van der Waals surface area contributed by atoms with Gasteiger partial charge in [0.1, 0.15) is 0 Å². The molecule has 0 amide bonds. The summed E-state index contributed by atoms with van der Waals surface area (Å²) in [5.74, 6) is 0. The first-order valence-electron chi connectivity index (χ1n) is 25.7. The van der Waals surface area contributed by atoms with E-state index in [4.69, 9.17) is 0 Å². The van der Waals surface area contributed by atoms with Gasteiger partial charge >= 0.3 is 0 Å². The van der Waals surface area contributed by atoms with Crippen molar-refractivity contribution in [3.8, 4) is 66.8 Å². The summed E-state index contributed by atoms with van der Waals surface area (Å²) in [6.45, 7) is 0. The second-order valence-electron chi connectivity index (χ2n) is 19.8. The van der Waals surface area contributed by atoms with Gasteiger partial charge in [-0.15, -0.1) is 0 Å². The maximum atomic E-state index is 2.49. The number of rotatable bonds is 6. The van der Waals surface area contributed by atoms with Crippen molar-refractivity contribution < 1.29 is 0 Å². The Morgan fingerprint density at radius 2 is 0.392 bits per heavy atom. The summed E-state index contributed by atoms with van der Waals surface area (Å²) in [7, 11) is 0. The number of fused-ring (bicyclic) bond motifs is 14. The summed E-state index contributed by atoms with van der Waals surface area (Å²) in [4.78, 5) is 0. The zero-order valence-corrected chi connectivity index (χ0v) is 40.6. The third kappa shape index (κ3) is 6.55. The lowest BCUT2D eigenvalue weighted by molar-refractivity contribution is 1.56. The molecule has 0 aliphatic heterocycles. The van der Waals surface area contributed by atoms with Crippen molar-refractivity contribution >= 4 is 86.2 Å². The summed E-state index contributed by atoms with van der Waals surface area (Å²) in [5.41, 5.74) is 14.5. The molecule has 0 aliphatic carbocycles. The smallest absolute Gasteiger partial charge is 0.00199 e. The SMILES string of the molecule is c1ccc(-c2c3ccccc3c(-c3cc(-c4ccccc4-c4ccc5c6ccccc6c6ccccc6c5c4)ccc3-c3ccccc3-c3ccc4c5ccccc5c5ccccc5c4c3)c3ccccc23)cc1. The Morgan fingerprint density at radius 1 is 0.122 bits per heavy atom. The molecular formula is C74H46. The fourth-order valence-corrected chi connectivity index (χ4v) is 12.6. The molecule has 0 fully saturated rings. The highest BCUT2D eigenvalue weighted by atomic mass is 14.3. The minimum absolute atomic E-state index is 1.17. The van der Waals surface area contributed by atoms with E-state index in [0.29, 0.717) is 0 Å². The molecule has 15 aromatic carbocycles. The Kier molecular flexibility index (Phi) is 9.68. The van der Waals surface area contributed by atoms with E-state index in [1.807, 2.05) is 0 Å². The number of hydrogen-bond acceptors (Lipinski definition) is 0.